The first-order valence-electron chi connectivity index (χ1n) is 10.7. The zero-order valence-electron chi connectivity index (χ0n) is 18.9. The first-order valence-corrected chi connectivity index (χ1v) is 10.7. The number of hydrogen-bond donors (Lipinski definition) is 2. The molecular formula is C20H40IN7O. The third-order valence-electron chi connectivity index (χ3n) is 5.03. The van der Waals surface area contributed by atoms with Crippen molar-refractivity contribution in [3.63, 3.8) is 0 Å². The van der Waals surface area contributed by atoms with Crippen LogP contribution in [0.5, 0.6) is 0 Å². The summed E-state index contributed by atoms with van der Waals surface area (Å²) in [6.45, 7) is 15.2. The largest absolute Gasteiger partial charge is 0.377 e. The van der Waals surface area contributed by atoms with Gasteiger partial charge in [0.05, 0.1) is 6.54 Å². The van der Waals surface area contributed by atoms with Crippen LogP contribution in [-0.2, 0) is 24.3 Å². The Hall–Kier alpha value is -0.940. The quantitative estimate of drug-likeness (QED) is 0.213. The first kappa shape index (κ1) is 26.1. The van der Waals surface area contributed by atoms with Gasteiger partial charge in [-0.05, 0) is 47.5 Å². The Morgan fingerprint density at radius 3 is 2.66 bits per heavy atom. The number of aryl methyl sites for hydroxylation is 1. The van der Waals surface area contributed by atoms with Crippen LogP contribution in [-0.4, -0.2) is 70.5 Å². The molecule has 1 aliphatic rings. The molecule has 0 saturated heterocycles. The molecule has 0 saturated carbocycles. The van der Waals surface area contributed by atoms with Crippen LogP contribution < -0.4 is 10.6 Å². The molecule has 1 aliphatic heterocycles. The maximum Gasteiger partial charge on any atom is 0.191 e. The topological polar surface area (TPSA) is 79.6 Å². The normalized spacial score (nSPS) is 16.9. The number of aromatic nitrogens is 3. The lowest BCUT2D eigenvalue weighted by atomic mass is 10.1. The molecule has 1 atom stereocenters. The summed E-state index contributed by atoms with van der Waals surface area (Å²) in [5.74, 6) is 2.71. The molecule has 0 aromatic carbocycles. The van der Waals surface area contributed by atoms with E-state index in [0.29, 0.717) is 24.7 Å². The van der Waals surface area contributed by atoms with E-state index in [1.165, 1.54) is 0 Å². The summed E-state index contributed by atoms with van der Waals surface area (Å²) in [5, 5.41) is 11.5. The average molecular weight is 521 g/mol. The monoisotopic (exact) mass is 521 g/mol. The van der Waals surface area contributed by atoms with E-state index < -0.39 is 0 Å². The second-order valence-electron chi connectivity index (χ2n) is 7.98. The SMILES string of the molecule is CCNC(=NCCCN(C(C)C)C(C)C)NC1CCc2nc(COC)nn2C1.I. The molecule has 1 aromatic heterocycles. The van der Waals surface area contributed by atoms with E-state index in [2.05, 4.69) is 60.2 Å². The fourth-order valence-electron chi connectivity index (χ4n) is 3.74. The number of nitrogens with zero attached hydrogens (tertiary/aromatic N) is 5. The number of fused-ring (bicyclic) bond motifs is 1. The van der Waals surface area contributed by atoms with Crippen LogP contribution in [0.15, 0.2) is 4.99 Å². The van der Waals surface area contributed by atoms with E-state index in [1.54, 1.807) is 7.11 Å². The van der Waals surface area contributed by atoms with E-state index in [4.69, 9.17) is 9.73 Å². The summed E-state index contributed by atoms with van der Waals surface area (Å²) in [6, 6.07) is 1.44. The third kappa shape index (κ3) is 8.37. The Morgan fingerprint density at radius 1 is 1.31 bits per heavy atom. The lowest BCUT2D eigenvalue weighted by Crippen LogP contribution is -2.47. The summed E-state index contributed by atoms with van der Waals surface area (Å²) in [7, 11) is 1.67. The van der Waals surface area contributed by atoms with Gasteiger partial charge < -0.3 is 15.4 Å². The zero-order chi connectivity index (χ0) is 20.5. The molecule has 2 rings (SSSR count). The van der Waals surface area contributed by atoms with Gasteiger partial charge in [-0.2, -0.15) is 5.10 Å². The molecule has 2 heterocycles. The molecule has 168 valence electrons. The lowest BCUT2D eigenvalue weighted by molar-refractivity contribution is 0.174. The van der Waals surface area contributed by atoms with Crippen molar-refractivity contribution in [2.75, 3.05) is 26.7 Å². The van der Waals surface area contributed by atoms with Crippen LogP contribution in [0, 0.1) is 0 Å². The van der Waals surface area contributed by atoms with Crippen molar-refractivity contribution >= 4 is 29.9 Å². The van der Waals surface area contributed by atoms with Crippen LogP contribution in [0.4, 0.5) is 0 Å². The number of nitrogens with one attached hydrogen (secondary N) is 2. The third-order valence-corrected chi connectivity index (χ3v) is 5.03. The summed E-state index contributed by atoms with van der Waals surface area (Å²) in [4.78, 5) is 11.9. The standard InChI is InChI=1S/C20H39N7O.HI/c1-7-21-20(22-11-8-12-26(15(2)3)16(4)5)23-17-9-10-19-24-18(14-28-6)25-27(19)13-17;/h15-17H,7-14H2,1-6H3,(H2,21,22,23);1H. The van der Waals surface area contributed by atoms with Crippen LogP contribution >= 0.6 is 24.0 Å². The Morgan fingerprint density at radius 2 is 2.03 bits per heavy atom. The van der Waals surface area contributed by atoms with Gasteiger partial charge in [-0.15, -0.1) is 24.0 Å². The fourth-order valence-corrected chi connectivity index (χ4v) is 3.74. The predicted molar refractivity (Wildman–Crippen MR) is 129 cm³/mol. The van der Waals surface area contributed by atoms with Crippen LogP contribution in [0.2, 0.25) is 0 Å². The van der Waals surface area contributed by atoms with E-state index in [9.17, 15) is 0 Å². The second-order valence-corrected chi connectivity index (χ2v) is 7.98. The number of guanidine groups is 1. The maximum atomic E-state index is 5.14. The molecule has 1 unspecified atom stereocenters. The van der Waals surface area contributed by atoms with Crippen LogP contribution in [0.1, 0.15) is 59.1 Å². The van der Waals surface area contributed by atoms with Gasteiger partial charge in [0.2, 0.25) is 0 Å². The summed E-state index contributed by atoms with van der Waals surface area (Å²) < 4.78 is 7.15. The van der Waals surface area contributed by atoms with Crippen molar-refractivity contribution in [3.8, 4) is 0 Å². The Labute approximate surface area is 193 Å². The van der Waals surface area contributed by atoms with E-state index >= 15 is 0 Å². The maximum absolute atomic E-state index is 5.14. The average Bonchev–Trinajstić information content (AvgIpc) is 3.03. The zero-order valence-corrected chi connectivity index (χ0v) is 21.3. The summed E-state index contributed by atoms with van der Waals surface area (Å²) in [5.41, 5.74) is 0. The Kier molecular flexibility index (Phi) is 12.0. The second kappa shape index (κ2) is 13.4. The first-order chi connectivity index (χ1) is 13.4. The summed E-state index contributed by atoms with van der Waals surface area (Å²) in [6.07, 6.45) is 3.01. The smallest absolute Gasteiger partial charge is 0.191 e. The van der Waals surface area contributed by atoms with Crippen molar-refractivity contribution in [2.45, 2.75) is 85.2 Å². The van der Waals surface area contributed by atoms with E-state index in [1.807, 2.05) is 4.68 Å². The van der Waals surface area contributed by atoms with Gasteiger partial charge in [0, 0.05) is 51.3 Å². The molecule has 0 spiro atoms. The minimum absolute atomic E-state index is 0. The molecule has 0 aliphatic carbocycles. The number of halogens is 1. The van der Waals surface area contributed by atoms with Gasteiger partial charge in [0.1, 0.15) is 12.4 Å². The van der Waals surface area contributed by atoms with Crippen molar-refractivity contribution in [1.29, 1.82) is 0 Å². The Bertz CT molecular complexity index is 610. The van der Waals surface area contributed by atoms with Crippen LogP contribution in [0.3, 0.4) is 0 Å². The molecule has 0 radical (unpaired) electrons. The molecule has 8 nitrogen and oxygen atoms in total. The predicted octanol–water partition coefficient (Wildman–Crippen LogP) is 2.42. The van der Waals surface area contributed by atoms with Gasteiger partial charge in [-0.1, -0.05) is 0 Å². The highest BCUT2D eigenvalue weighted by molar-refractivity contribution is 14.0. The van der Waals surface area contributed by atoms with Gasteiger partial charge in [-0.25, -0.2) is 9.67 Å². The highest BCUT2D eigenvalue weighted by Gasteiger charge is 2.22. The van der Waals surface area contributed by atoms with E-state index in [-0.39, 0.29) is 24.0 Å². The number of hydrogen-bond acceptors (Lipinski definition) is 5. The van der Waals surface area contributed by atoms with Crippen molar-refractivity contribution in [2.24, 2.45) is 4.99 Å². The van der Waals surface area contributed by atoms with Gasteiger partial charge >= 0.3 is 0 Å². The molecular weight excluding hydrogens is 481 g/mol. The van der Waals surface area contributed by atoms with Gasteiger partial charge in [-0.3, -0.25) is 9.89 Å². The molecule has 0 bridgehead atoms. The number of ether oxygens (including phenoxy) is 1. The number of rotatable bonds is 10. The summed E-state index contributed by atoms with van der Waals surface area (Å²) >= 11 is 0. The fraction of sp³-hybridized carbons (Fsp3) is 0.850. The highest BCUT2D eigenvalue weighted by atomic mass is 127. The molecule has 9 heteroatoms. The molecule has 2 N–H and O–H groups in total. The lowest BCUT2D eigenvalue weighted by Gasteiger charge is -2.30. The molecule has 29 heavy (non-hydrogen) atoms. The Balaban J connectivity index is 0.00000420. The molecule has 1 aromatic rings. The number of aliphatic imine (C=N–C) groups is 1. The van der Waals surface area contributed by atoms with Crippen LogP contribution in [0.25, 0.3) is 0 Å². The number of methoxy groups -OCH3 is 1. The molecule has 0 fully saturated rings. The van der Waals surface area contributed by atoms with Crippen molar-refractivity contribution in [3.05, 3.63) is 11.6 Å². The van der Waals surface area contributed by atoms with Crippen molar-refractivity contribution < 1.29 is 4.74 Å². The highest BCUT2D eigenvalue weighted by Crippen LogP contribution is 2.13. The minimum Gasteiger partial charge on any atom is -0.377 e. The van der Waals surface area contributed by atoms with Gasteiger partial charge in [0.25, 0.3) is 0 Å². The van der Waals surface area contributed by atoms with Crippen molar-refractivity contribution in [1.82, 2.24) is 30.3 Å². The molecule has 0 amide bonds. The van der Waals surface area contributed by atoms with Gasteiger partial charge in [0.15, 0.2) is 11.8 Å². The van der Waals surface area contributed by atoms with E-state index in [0.717, 1.165) is 63.0 Å². The minimum atomic E-state index is 0.